The molecule has 0 unspecified atom stereocenters. The van der Waals surface area contributed by atoms with Crippen LogP contribution in [0.25, 0.3) is 0 Å². The van der Waals surface area contributed by atoms with E-state index in [1.165, 1.54) is 5.56 Å². The highest BCUT2D eigenvalue weighted by molar-refractivity contribution is 7.89. The van der Waals surface area contributed by atoms with E-state index in [1.54, 1.807) is 23.5 Å². The standard InChI is InChI=1S/C19H24N2O3S/c1-16-3-9-19(10-4-16)25(22,23)21-13-11-20(12-14-21)15-17-5-7-18(24-2)8-6-17/h3-10H,11-15H2,1-2H3. The van der Waals surface area contributed by atoms with Gasteiger partial charge in [-0.2, -0.15) is 4.31 Å². The number of aryl methyl sites for hydroxylation is 1. The topological polar surface area (TPSA) is 49.9 Å². The average Bonchev–Trinajstić information content (AvgIpc) is 2.63. The lowest BCUT2D eigenvalue weighted by atomic mass is 10.2. The van der Waals surface area contributed by atoms with Gasteiger partial charge in [-0.1, -0.05) is 29.8 Å². The maximum atomic E-state index is 12.7. The van der Waals surface area contributed by atoms with Crippen molar-refractivity contribution in [1.82, 2.24) is 9.21 Å². The van der Waals surface area contributed by atoms with Gasteiger partial charge in [0, 0.05) is 32.7 Å². The maximum absolute atomic E-state index is 12.7. The van der Waals surface area contributed by atoms with Crippen LogP contribution in [-0.2, 0) is 16.6 Å². The molecule has 25 heavy (non-hydrogen) atoms. The summed E-state index contributed by atoms with van der Waals surface area (Å²) in [6.45, 7) is 5.28. The highest BCUT2D eigenvalue weighted by Crippen LogP contribution is 2.19. The molecule has 0 aliphatic carbocycles. The van der Waals surface area contributed by atoms with Crippen LogP contribution in [0.15, 0.2) is 53.4 Å². The van der Waals surface area contributed by atoms with Gasteiger partial charge in [-0.05, 0) is 36.8 Å². The highest BCUT2D eigenvalue weighted by Gasteiger charge is 2.28. The van der Waals surface area contributed by atoms with Crippen LogP contribution >= 0.6 is 0 Å². The molecule has 0 N–H and O–H groups in total. The fraction of sp³-hybridized carbons (Fsp3) is 0.368. The van der Waals surface area contributed by atoms with Crippen molar-refractivity contribution in [3.05, 3.63) is 59.7 Å². The summed E-state index contributed by atoms with van der Waals surface area (Å²) < 4.78 is 32.2. The molecule has 2 aromatic carbocycles. The Morgan fingerprint density at radius 2 is 1.52 bits per heavy atom. The number of sulfonamides is 1. The molecule has 6 heteroatoms. The minimum atomic E-state index is -3.39. The van der Waals surface area contributed by atoms with Crippen LogP contribution in [0.4, 0.5) is 0 Å². The minimum Gasteiger partial charge on any atom is -0.497 e. The first-order valence-corrected chi connectivity index (χ1v) is 9.85. The van der Waals surface area contributed by atoms with Crippen molar-refractivity contribution in [3.63, 3.8) is 0 Å². The lowest BCUT2D eigenvalue weighted by molar-refractivity contribution is 0.181. The summed E-state index contributed by atoms with van der Waals surface area (Å²) >= 11 is 0. The number of ether oxygens (including phenoxy) is 1. The van der Waals surface area contributed by atoms with Crippen molar-refractivity contribution in [2.24, 2.45) is 0 Å². The van der Waals surface area contributed by atoms with Gasteiger partial charge in [0.05, 0.1) is 12.0 Å². The number of hydrogen-bond acceptors (Lipinski definition) is 4. The molecule has 0 aromatic heterocycles. The van der Waals surface area contributed by atoms with Crippen LogP contribution in [0.3, 0.4) is 0 Å². The van der Waals surface area contributed by atoms with Crippen LogP contribution in [0.2, 0.25) is 0 Å². The quantitative estimate of drug-likeness (QED) is 0.822. The van der Waals surface area contributed by atoms with E-state index < -0.39 is 10.0 Å². The second-order valence-electron chi connectivity index (χ2n) is 6.34. The smallest absolute Gasteiger partial charge is 0.243 e. The zero-order chi connectivity index (χ0) is 17.9. The SMILES string of the molecule is COc1ccc(CN2CCN(S(=O)(=O)c3ccc(C)cc3)CC2)cc1. The molecule has 0 amide bonds. The second-order valence-corrected chi connectivity index (χ2v) is 8.28. The fourth-order valence-electron chi connectivity index (χ4n) is 2.98. The third-order valence-corrected chi connectivity index (χ3v) is 6.47. The van der Waals surface area contributed by atoms with Crippen molar-refractivity contribution < 1.29 is 13.2 Å². The van der Waals surface area contributed by atoms with Gasteiger partial charge in [-0.15, -0.1) is 0 Å². The summed E-state index contributed by atoms with van der Waals surface area (Å²) in [7, 11) is -1.74. The summed E-state index contributed by atoms with van der Waals surface area (Å²) in [6.07, 6.45) is 0. The molecule has 1 fully saturated rings. The Balaban J connectivity index is 1.60. The molecule has 0 atom stereocenters. The van der Waals surface area contributed by atoms with Crippen LogP contribution in [0.5, 0.6) is 5.75 Å². The van der Waals surface area contributed by atoms with E-state index in [0.29, 0.717) is 18.0 Å². The van der Waals surface area contributed by atoms with Gasteiger partial charge in [0.25, 0.3) is 0 Å². The summed E-state index contributed by atoms with van der Waals surface area (Å²) in [5.41, 5.74) is 2.26. The van der Waals surface area contributed by atoms with Gasteiger partial charge in [-0.25, -0.2) is 8.42 Å². The Bertz CT molecular complexity index is 794. The molecular formula is C19H24N2O3S. The number of piperazine rings is 1. The van der Waals surface area contributed by atoms with E-state index in [2.05, 4.69) is 4.90 Å². The monoisotopic (exact) mass is 360 g/mol. The summed E-state index contributed by atoms with van der Waals surface area (Å²) in [5.74, 6) is 0.845. The number of rotatable bonds is 5. The molecule has 0 saturated carbocycles. The summed E-state index contributed by atoms with van der Waals surface area (Å²) in [6, 6.07) is 15.1. The van der Waals surface area contributed by atoms with Crippen molar-refractivity contribution in [2.45, 2.75) is 18.4 Å². The lowest BCUT2D eigenvalue weighted by Crippen LogP contribution is -2.48. The minimum absolute atomic E-state index is 0.377. The predicted molar refractivity (Wildman–Crippen MR) is 98.2 cm³/mol. The molecule has 1 aliphatic heterocycles. The van der Waals surface area contributed by atoms with Gasteiger partial charge in [0.2, 0.25) is 10.0 Å². The van der Waals surface area contributed by atoms with Crippen molar-refractivity contribution in [2.75, 3.05) is 33.3 Å². The average molecular weight is 360 g/mol. The number of nitrogens with zero attached hydrogens (tertiary/aromatic N) is 2. The molecule has 3 rings (SSSR count). The van der Waals surface area contributed by atoms with Crippen LogP contribution in [0, 0.1) is 6.92 Å². The predicted octanol–water partition coefficient (Wildman–Crippen LogP) is 2.51. The van der Waals surface area contributed by atoms with E-state index in [0.717, 1.165) is 30.9 Å². The first-order valence-electron chi connectivity index (χ1n) is 8.41. The Kier molecular flexibility index (Phi) is 5.42. The second kappa shape index (κ2) is 7.56. The van der Waals surface area contributed by atoms with Crippen molar-refractivity contribution >= 4 is 10.0 Å². The van der Waals surface area contributed by atoms with Crippen molar-refractivity contribution in [3.8, 4) is 5.75 Å². The Morgan fingerprint density at radius 1 is 0.920 bits per heavy atom. The van der Waals surface area contributed by atoms with E-state index >= 15 is 0 Å². The molecular weight excluding hydrogens is 336 g/mol. The summed E-state index contributed by atoms with van der Waals surface area (Å²) in [5, 5.41) is 0. The molecule has 1 aliphatic rings. The first kappa shape index (κ1) is 17.9. The first-order chi connectivity index (χ1) is 12.0. The van der Waals surface area contributed by atoms with E-state index in [-0.39, 0.29) is 0 Å². The molecule has 5 nitrogen and oxygen atoms in total. The van der Waals surface area contributed by atoms with Crippen LogP contribution < -0.4 is 4.74 Å². The Labute approximate surface area is 149 Å². The van der Waals surface area contributed by atoms with Gasteiger partial charge in [0.1, 0.15) is 5.75 Å². The van der Waals surface area contributed by atoms with E-state index in [1.807, 2.05) is 43.3 Å². The van der Waals surface area contributed by atoms with Crippen LogP contribution in [-0.4, -0.2) is 50.9 Å². The summed E-state index contributed by atoms with van der Waals surface area (Å²) in [4.78, 5) is 2.66. The zero-order valence-corrected chi connectivity index (χ0v) is 15.5. The molecule has 2 aromatic rings. The number of hydrogen-bond donors (Lipinski definition) is 0. The van der Waals surface area contributed by atoms with E-state index in [9.17, 15) is 8.42 Å². The molecule has 1 saturated heterocycles. The Hall–Kier alpha value is -1.89. The maximum Gasteiger partial charge on any atom is 0.243 e. The molecule has 134 valence electrons. The number of benzene rings is 2. The van der Waals surface area contributed by atoms with Gasteiger partial charge in [-0.3, -0.25) is 4.90 Å². The Morgan fingerprint density at radius 3 is 2.08 bits per heavy atom. The lowest BCUT2D eigenvalue weighted by Gasteiger charge is -2.34. The molecule has 0 spiro atoms. The number of methoxy groups -OCH3 is 1. The van der Waals surface area contributed by atoms with Gasteiger partial charge >= 0.3 is 0 Å². The van der Waals surface area contributed by atoms with Gasteiger partial charge < -0.3 is 4.74 Å². The molecule has 0 bridgehead atoms. The van der Waals surface area contributed by atoms with E-state index in [4.69, 9.17) is 4.74 Å². The van der Waals surface area contributed by atoms with Gasteiger partial charge in [0.15, 0.2) is 0 Å². The molecule has 0 radical (unpaired) electrons. The normalized spacial score (nSPS) is 16.7. The zero-order valence-electron chi connectivity index (χ0n) is 14.7. The largest absolute Gasteiger partial charge is 0.497 e. The highest BCUT2D eigenvalue weighted by atomic mass is 32.2. The third-order valence-electron chi connectivity index (χ3n) is 4.56. The van der Waals surface area contributed by atoms with Crippen LogP contribution in [0.1, 0.15) is 11.1 Å². The fourth-order valence-corrected chi connectivity index (χ4v) is 4.40. The third kappa shape index (κ3) is 4.21. The van der Waals surface area contributed by atoms with Crippen molar-refractivity contribution in [1.29, 1.82) is 0 Å². The molecule has 1 heterocycles.